The van der Waals surface area contributed by atoms with Crippen molar-refractivity contribution in [2.75, 3.05) is 26.2 Å². The topological polar surface area (TPSA) is 96.7 Å². The van der Waals surface area contributed by atoms with E-state index in [1.54, 1.807) is 0 Å². The molecule has 2 amide bonds. The fourth-order valence-electron chi connectivity index (χ4n) is 1.59. The van der Waals surface area contributed by atoms with E-state index in [2.05, 4.69) is 10.9 Å². The minimum atomic E-state index is -0.297. The number of hydrogen-bond donors (Lipinski definition) is 3. The van der Waals surface area contributed by atoms with Crippen LogP contribution in [0.1, 0.15) is 13.8 Å². The van der Waals surface area contributed by atoms with Crippen LogP contribution in [-0.2, 0) is 14.3 Å². The van der Waals surface area contributed by atoms with Crippen LogP contribution in [0.5, 0.6) is 0 Å². The number of carbonyl (C=O) groups excluding carboxylic acids is 2. The van der Waals surface area contributed by atoms with Gasteiger partial charge >= 0.3 is 0 Å². The monoisotopic (exact) mass is 244 g/mol. The molecular weight excluding hydrogens is 224 g/mol. The average Bonchev–Trinajstić information content (AvgIpc) is 2.26. The molecule has 0 aromatic carbocycles. The quantitative estimate of drug-likeness (QED) is 0.509. The average molecular weight is 244 g/mol. The van der Waals surface area contributed by atoms with E-state index < -0.39 is 0 Å². The normalized spacial score (nSPS) is 22.9. The zero-order valence-electron chi connectivity index (χ0n) is 10.2. The number of nitrogens with zero attached hydrogens (tertiary/aromatic N) is 1. The fourth-order valence-corrected chi connectivity index (χ4v) is 1.59. The Bertz CT molecular complexity index is 283. The third kappa shape index (κ3) is 5.12. The van der Waals surface area contributed by atoms with Crippen LogP contribution < -0.4 is 16.6 Å². The highest BCUT2D eigenvalue weighted by atomic mass is 16.5. The molecule has 4 N–H and O–H groups in total. The van der Waals surface area contributed by atoms with Crippen molar-refractivity contribution in [3.63, 3.8) is 0 Å². The molecule has 0 spiro atoms. The van der Waals surface area contributed by atoms with Crippen LogP contribution >= 0.6 is 0 Å². The third-order valence-electron chi connectivity index (χ3n) is 2.51. The van der Waals surface area contributed by atoms with E-state index in [0.29, 0.717) is 19.7 Å². The Morgan fingerprint density at radius 2 is 2.24 bits per heavy atom. The van der Waals surface area contributed by atoms with E-state index in [1.807, 2.05) is 11.8 Å². The van der Waals surface area contributed by atoms with Gasteiger partial charge in [-0.3, -0.25) is 25.3 Å². The lowest BCUT2D eigenvalue weighted by Gasteiger charge is -2.34. The van der Waals surface area contributed by atoms with Gasteiger partial charge in [0.2, 0.25) is 5.91 Å². The summed E-state index contributed by atoms with van der Waals surface area (Å²) >= 11 is 0. The highest BCUT2D eigenvalue weighted by Crippen LogP contribution is 2.06. The third-order valence-corrected chi connectivity index (χ3v) is 2.51. The second-order valence-electron chi connectivity index (χ2n) is 4.23. The van der Waals surface area contributed by atoms with E-state index in [4.69, 9.17) is 10.5 Å². The Morgan fingerprint density at radius 1 is 1.53 bits per heavy atom. The molecule has 1 rings (SSSR count). The smallest absolute Gasteiger partial charge is 0.252 e. The van der Waals surface area contributed by atoms with Gasteiger partial charge in [0.1, 0.15) is 0 Å². The zero-order valence-corrected chi connectivity index (χ0v) is 10.2. The fraction of sp³-hybridized carbons (Fsp3) is 0.800. The Kier molecular flexibility index (Phi) is 5.33. The van der Waals surface area contributed by atoms with Crippen molar-refractivity contribution in [2.45, 2.75) is 26.0 Å². The molecule has 98 valence electrons. The molecule has 1 aliphatic heterocycles. The predicted octanol–water partition coefficient (Wildman–Crippen LogP) is -1.80. The molecule has 17 heavy (non-hydrogen) atoms. The van der Waals surface area contributed by atoms with Gasteiger partial charge in [0.05, 0.1) is 19.3 Å². The molecule has 7 nitrogen and oxygen atoms in total. The summed E-state index contributed by atoms with van der Waals surface area (Å²) in [4.78, 5) is 24.0. The van der Waals surface area contributed by atoms with Crippen LogP contribution in [-0.4, -0.2) is 55.1 Å². The largest absolute Gasteiger partial charge is 0.374 e. The van der Waals surface area contributed by atoms with Crippen molar-refractivity contribution < 1.29 is 14.3 Å². The van der Waals surface area contributed by atoms with Gasteiger partial charge in [-0.05, 0) is 6.92 Å². The Morgan fingerprint density at radius 3 is 2.82 bits per heavy atom. The molecule has 0 aliphatic carbocycles. The number of rotatable bonds is 3. The van der Waals surface area contributed by atoms with Crippen molar-refractivity contribution in [1.82, 2.24) is 15.8 Å². The number of ether oxygens (including phenoxy) is 1. The van der Waals surface area contributed by atoms with Gasteiger partial charge in [0.25, 0.3) is 5.91 Å². The molecule has 0 aromatic rings. The maximum Gasteiger partial charge on any atom is 0.252 e. The summed E-state index contributed by atoms with van der Waals surface area (Å²) in [5, 5.41) is 0. The van der Waals surface area contributed by atoms with E-state index >= 15 is 0 Å². The molecular formula is C10H20N4O3. The maximum absolute atomic E-state index is 11.5. The van der Waals surface area contributed by atoms with Crippen LogP contribution in [0.25, 0.3) is 0 Å². The first-order valence-corrected chi connectivity index (χ1v) is 5.64. The van der Waals surface area contributed by atoms with Crippen LogP contribution in [0.3, 0.4) is 0 Å². The summed E-state index contributed by atoms with van der Waals surface area (Å²) in [6, 6.07) is -0.0591. The highest BCUT2D eigenvalue weighted by Gasteiger charge is 2.24. The molecule has 2 unspecified atom stereocenters. The summed E-state index contributed by atoms with van der Waals surface area (Å²) in [6.45, 7) is 5.33. The number of nitrogens with two attached hydrogens (primary N) is 1. The molecule has 1 saturated heterocycles. The number of carbonyl (C=O) groups is 2. The van der Waals surface area contributed by atoms with Crippen molar-refractivity contribution in [3.05, 3.63) is 0 Å². The number of hydrogen-bond acceptors (Lipinski definition) is 5. The summed E-state index contributed by atoms with van der Waals surface area (Å²) < 4.78 is 5.48. The van der Waals surface area contributed by atoms with Gasteiger partial charge in [-0.2, -0.15) is 0 Å². The summed E-state index contributed by atoms with van der Waals surface area (Å²) in [5.41, 5.74) is 10.3. The molecule has 1 heterocycles. The molecule has 0 saturated carbocycles. The van der Waals surface area contributed by atoms with Crippen molar-refractivity contribution in [3.8, 4) is 0 Å². The minimum Gasteiger partial charge on any atom is -0.374 e. The second-order valence-corrected chi connectivity index (χ2v) is 4.23. The maximum atomic E-state index is 11.5. The van der Waals surface area contributed by atoms with E-state index in [1.165, 1.54) is 6.92 Å². The van der Waals surface area contributed by atoms with Crippen LogP contribution in [0.15, 0.2) is 0 Å². The lowest BCUT2D eigenvalue weighted by atomic mass is 10.1. The van der Waals surface area contributed by atoms with Gasteiger partial charge in [-0.1, -0.05) is 0 Å². The molecule has 1 fully saturated rings. The molecule has 1 aliphatic rings. The number of amides is 2. The summed E-state index contributed by atoms with van der Waals surface area (Å²) in [7, 11) is 0. The Balaban J connectivity index is 2.30. The molecule has 0 bridgehead atoms. The van der Waals surface area contributed by atoms with Gasteiger partial charge < -0.3 is 10.5 Å². The lowest BCUT2D eigenvalue weighted by Crippen LogP contribution is -2.53. The number of nitrogens with one attached hydrogen (secondary N) is 2. The van der Waals surface area contributed by atoms with Gasteiger partial charge in [0.15, 0.2) is 0 Å². The van der Waals surface area contributed by atoms with Crippen LogP contribution in [0.2, 0.25) is 0 Å². The molecule has 7 heteroatoms. The number of morpholine rings is 1. The second kappa shape index (κ2) is 6.53. The Hall–Kier alpha value is -1.18. The summed E-state index contributed by atoms with van der Waals surface area (Å²) in [6.07, 6.45) is -0.0442. The first kappa shape index (κ1) is 13.9. The SMILES string of the molecule is CC(=O)NNC(=O)CN1CCOC(C(C)N)C1. The molecule has 2 atom stereocenters. The lowest BCUT2D eigenvalue weighted by molar-refractivity contribution is -0.130. The highest BCUT2D eigenvalue weighted by molar-refractivity contribution is 5.81. The van der Waals surface area contributed by atoms with E-state index in [-0.39, 0.29) is 30.5 Å². The zero-order chi connectivity index (χ0) is 12.8. The molecule has 0 aromatic heterocycles. The van der Waals surface area contributed by atoms with Crippen molar-refractivity contribution in [1.29, 1.82) is 0 Å². The van der Waals surface area contributed by atoms with E-state index in [9.17, 15) is 9.59 Å². The summed E-state index contributed by atoms with van der Waals surface area (Å²) in [5.74, 6) is -0.542. The van der Waals surface area contributed by atoms with Crippen LogP contribution in [0.4, 0.5) is 0 Å². The standard InChI is InChI=1S/C10H20N4O3/c1-7(11)9-5-14(3-4-17-9)6-10(16)13-12-8(2)15/h7,9H,3-6,11H2,1-2H3,(H,12,15)(H,13,16). The first-order chi connectivity index (χ1) is 7.99. The van der Waals surface area contributed by atoms with Gasteiger partial charge in [0, 0.05) is 26.1 Å². The van der Waals surface area contributed by atoms with Gasteiger partial charge in [-0.15, -0.1) is 0 Å². The van der Waals surface area contributed by atoms with Crippen molar-refractivity contribution in [2.24, 2.45) is 5.73 Å². The van der Waals surface area contributed by atoms with Gasteiger partial charge in [-0.25, -0.2) is 0 Å². The number of hydrazine groups is 1. The minimum absolute atomic E-state index is 0.0442. The van der Waals surface area contributed by atoms with E-state index in [0.717, 1.165) is 0 Å². The predicted molar refractivity (Wildman–Crippen MR) is 61.8 cm³/mol. The molecule has 0 radical (unpaired) electrons. The Labute approximate surface area is 101 Å². The van der Waals surface area contributed by atoms with Crippen molar-refractivity contribution >= 4 is 11.8 Å². The first-order valence-electron chi connectivity index (χ1n) is 5.64. The van der Waals surface area contributed by atoms with Crippen LogP contribution in [0, 0.1) is 0 Å².